The maximum absolute atomic E-state index is 11.4. The predicted octanol–water partition coefficient (Wildman–Crippen LogP) is 0.726. The van der Waals surface area contributed by atoms with Crippen molar-refractivity contribution in [2.24, 2.45) is 0 Å². The Kier molecular flexibility index (Phi) is 3.48. The van der Waals surface area contributed by atoms with Crippen molar-refractivity contribution in [3.63, 3.8) is 0 Å². The maximum atomic E-state index is 11.4. The molecule has 1 aromatic rings. The van der Waals surface area contributed by atoms with E-state index in [1.807, 2.05) is 0 Å². The molecule has 0 heterocycles. The summed E-state index contributed by atoms with van der Waals surface area (Å²) in [4.78, 5) is 11.4. The van der Waals surface area contributed by atoms with Crippen LogP contribution in [0.2, 0.25) is 0 Å². The van der Waals surface area contributed by atoms with Crippen LogP contribution in [-0.2, 0) is 4.74 Å². The monoisotopic (exact) mass is 195 g/mol. The molecule has 0 fully saturated rings. The first-order chi connectivity index (χ1) is 6.66. The molecule has 0 bridgehead atoms. The standard InChI is InChI=1S/C10H13NO3/c1-7-8(3-2-4-9(7)11)10(13)14-6-5-12/h2-4,12H,5-6,11H2,1H3. The summed E-state index contributed by atoms with van der Waals surface area (Å²) in [5.41, 5.74) is 7.34. The summed E-state index contributed by atoms with van der Waals surface area (Å²) in [6.07, 6.45) is 0. The van der Waals surface area contributed by atoms with E-state index in [4.69, 9.17) is 15.6 Å². The number of aliphatic hydroxyl groups excluding tert-OH is 1. The van der Waals surface area contributed by atoms with E-state index >= 15 is 0 Å². The highest BCUT2D eigenvalue weighted by Crippen LogP contribution is 2.16. The van der Waals surface area contributed by atoms with E-state index in [0.29, 0.717) is 16.8 Å². The molecule has 0 saturated heterocycles. The van der Waals surface area contributed by atoms with Crippen molar-refractivity contribution in [1.82, 2.24) is 0 Å². The van der Waals surface area contributed by atoms with Crippen LogP contribution < -0.4 is 5.73 Å². The second-order valence-corrected chi connectivity index (χ2v) is 2.88. The van der Waals surface area contributed by atoms with Gasteiger partial charge in [0.2, 0.25) is 0 Å². The zero-order valence-corrected chi connectivity index (χ0v) is 7.99. The summed E-state index contributed by atoms with van der Waals surface area (Å²) < 4.78 is 4.77. The summed E-state index contributed by atoms with van der Waals surface area (Å²) in [5.74, 6) is -0.455. The lowest BCUT2D eigenvalue weighted by Crippen LogP contribution is -2.11. The second kappa shape index (κ2) is 4.62. The van der Waals surface area contributed by atoms with Crippen LogP contribution >= 0.6 is 0 Å². The Morgan fingerprint density at radius 3 is 2.93 bits per heavy atom. The molecule has 0 unspecified atom stereocenters. The molecule has 0 aromatic heterocycles. The molecule has 0 radical (unpaired) electrons. The zero-order chi connectivity index (χ0) is 10.6. The van der Waals surface area contributed by atoms with Gasteiger partial charge in [-0.1, -0.05) is 6.07 Å². The molecule has 0 spiro atoms. The van der Waals surface area contributed by atoms with Gasteiger partial charge in [0.1, 0.15) is 6.61 Å². The van der Waals surface area contributed by atoms with Crippen LogP contribution in [0.4, 0.5) is 5.69 Å². The summed E-state index contributed by atoms with van der Waals surface area (Å²) >= 11 is 0. The minimum Gasteiger partial charge on any atom is -0.460 e. The molecule has 14 heavy (non-hydrogen) atoms. The normalized spacial score (nSPS) is 9.86. The highest BCUT2D eigenvalue weighted by molar-refractivity contribution is 5.92. The largest absolute Gasteiger partial charge is 0.460 e. The van der Waals surface area contributed by atoms with E-state index in [-0.39, 0.29) is 13.2 Å². The highest BCUT2D eigenvalue weighted by Gasteiger charge is 2.10. The van der Waals surface area contributed by atoms with E-state index in [1.165, 1.54) is 0 Å². The fourth-order valence-electron chi connectivity index (χ4n) is 1.09. The number of aliphatic hydroxyl groups is 1. The number of nitrogens with two attached hydrogens (primary N) is 1. The minimum absolute atomic E-state index is 0.00702. The van der Waals surface area contributed by atoms with Crippen molar-refractivity contribution in [3.05, 3.63) is 29.3 Å². The van der Waals surface area contributed by atoms with Crippen molar-refractivity contribution < 1.29 is 14.6 Å². The van der Waals surface area contributed by atoms with Gasteiger partial charge in [0, 0.05) is 5.69 Å². The Morgan fingerprint density at radius 2 is 2.29 bits per heavy atom. The highest BCUT2D eigenvalue weighted by atomic mass is 16.5. The number of anilines is 1. The van der Waals surface area contributed by atoms with Gasteiger partial charge < -0.3 is 15.6 Å². The summed E-state index contributed by atoms with van der Waals surface area (Å²) in [6, 6.07) is 5.06. The van der Waals surface area contributed by atoms with Crippen molar-refractivity contribution in [2.75, 3.05) is 18.9 Å². The fourth-order valence-corrected chi connectivity index (χ4v) is 1.09. The molecular weight excluding hydrogens is 182 g/mol. The summed E-state index contributed by atoms with van der Waals surface area (Å²) in [6.45, 7) is 1.59. The SMILES string of the molecule is Cc1c(N)cccc1C(=O)OCCO. The van der Waals surface area contributed by atoms with Crippen molar-refractivity contribution in [3.8, 4) is 0 Å². The fraction of sp³-hybridized carbons (Fsp3) is 0.300. The number of carbonyl (C=O) groups is 1. The van der Waals surface area contributed by atoms with Crippen molar-refractivity contribution in [2.45, 2.75) is 6.92 Å². The Hall–Kier alpha value is -1.55. The third-order valence-electron chi connectivity index (χ3n) is 1.92. The van der Waals surface area contributed by atoms with E-state index in [0.717, 1.165) is 0 Å². The lowest BCUT2D eigenvalue weighted by atomic mass is 10.1. The van der Waals surface area contributed by atoms with Gasteiger partial charge in [-0.25, -0.2) is 4.79 Å². The molecule has 0 aliphatic heterocycles. The Labute approximate surface area is 82.3 Å². The van der Waals surface area contributed by atoms with Gasteiger partial charge in [-0.3, -0.25) is 0 Å². The van der Waals surface area contributed by atoms with Crippen LogP contribution in [0.1, 0.15) is 15.9 Å². The third-order valence-corrected chi connectivity index (χ3v) is 1.92. The van der Waals surface area contributed by atoms with E-state index in [2.05, 4.69) is 0 Å². The molecule has 3 N–H and O–H groups in total. The first kappa shape index (κ1) is 10.5. The maximum Gasteiger partial charge on any atom is 0.338 e. The predicted molar refractivity (Wildman–Crippen MR) is 53.0 cm³/mol. The van der Waals surface area contributed by atoms with E-state index in [9.17, 15) is 4.79 Å². The van der Waals surface area contributed by atoms with E-state index in [1.54, 1.807) is 25.1 Å². The average Bonchev–Trinajstić information content (AvgIpc) is 2.18. The summed E-state index contributed by atoms with van der Waals surface area (Å²) in [7, 11) is 0. The second-order valence-electron chi connectivity index (χ2n) is 2.88. The first-order valence-corrected chi connectivity index (χ1v) is 4.30. The number of hydrogen-bond acceptors (Lipinski definition) is 4. The van der Waals surface area contributed by atoms with Gasteiger partial charge >= 0.3 is 5.97 Å². The first-order valence-electron chi connectivity index (χ1n) is 4.30. The number of hydrogen-bond donors (Lipinski definition) is 2. The molecule has 0 aliphatic rings. The Bertz CT molecular complexity index is 336. The lowest BCUT2D eigenvalue weighted by Gasteiger charge is -2.07. The molecule has 4 heteroatoms. The molecule has 1 rings (SSSR count). The van der Waals surface area contributed by atoms with Crippen LogP contribution in [0, 0.1) is 6.92 Å². The van der Waals surface area contributed by atoms with Crippen LogP contribution in [0.25, 0.3) is 0 Å². The Balaban J connectivity index is 2.84. The summed E-state index contributed by atoms with van der Waals surface area (Å²) in [5, 5.41) is 8.48. The number of rotatable bonds is 3. The van der Waals surface area contributed by atoms with Crippen LogP contribution in [-0.4, -0.2) is 24.3 Å². The van der Waals surface area contributed by atoms with Gasteiger partial charge in [-0.05, 0) is 24.6 Å². The van der Waals surface area contributed by atoms with Crippen molar-refractivity contribution >= 4 is 11.7 Å². The van der Waals surface area contributed by atoms with Gasteiger partial charge in [0.05, 0.1) is 12.2 Å². The molecule has 4 nitrogen and oxygen atoms in total. The molecular formula is C10H13NO3. The third kappa shape index (κ3) is 2.23. The average molecular weight is 195 g/mol. The lowest BCUT2D eigenvalue weighted by molar-refractivity contribution is 0.0433. The number of nitrogen functional groups attached to an aromatic ring is 1. The number of ether oxygens (including phenoxy) is 1. The molecule has 0 aliphatic carbocycles. The molecule has 76 valence electrons. The number of benzene rings is 1. The molecule has 0 saturated carbocycles. The Morgan fingerprint density at radius 1 is 1.57 bits per heavy atom. The molecule has 0 amide bonds. The minimum atomic E-state index is -0.455. The smallest absolute Gasteiger partial charge is 0.338 e. The van der Waals surface area contributed by atoms with Gasteiger partial charge in [0.15, 0.2) is 0 Å². The van der Waals surface area contributed by atoms with Gasteiger partial charge in [0.25, 0.3) is 0 Å². The zero-order valence-electron chi connectivity index (χ0n) is 7.99. The van der Waals surface area contributed by atoms with Crippen LogP contribution in [0.3, 0.4) is 0 Å². The van der Waals surface area contributed by atoms with E-state index < -0.39 is 5.97 Å². The van der Waals surface area contributed by atoms with Gasteiger partial charge in [-0.2, -0.15) is 0 Å². The van der Waals surface area contributed by atoms with Crippen molar-refractivity contribution in [1.29, 1.82) is 0 Å². The number of carbonyl (C=O) groups excluding carboxylic acids is 1. The molecule has 0 atom stereocenters. The quantitative estimate of drug-likeness (QED) is 0.550. The number of esters is 1. The van der Waals surface area contributed by atoms with Gasteiger partial charge in [-0.15, -0.1) is 0 Å². The van der Waals surface area contributed by atoms with Crippen LogP contribution in [0.5, 0.6) is 0 Å². The van der Waals surface area contributed by atoms with Crippen LogP contribution in [0.15, 0.2) is 18.2 Å². The topological polar surface area (TPSA) is 72.6 Å². The molecule has 1 aromatic carbocycles.